The number of carbonyl (C=O) groups excluding carboxylic acids is 1. The number of sulfone groups is 1. The van der Waals surface area contributed by atoms with Crippen molar-refractivity contribution in [2.24, 2.45) is 11.1 Å². The average Bonchev–Trinajstić information content (AvgIpc) is 2.58. The van der Waals surface area contributed by atoms with Gasteiger partial charge in [-0.1, -0.05) is 0 Å². The van der Waals surface area contributed by atoms with Crippen molar-refractivity contribution in [2.75, 3.05) is 31.3 Å². The predicted octanol–water partition coefficient (Wildman–Crippen LogP) is -1.00. The van der Waals surface area contributed by atoms with Crippen molar-refractivity contribution in [2.45, 2.75) is 25.9 Å². The van der Waals surface area contributed by atoms with Crippen LogP contribution in [0.15, 0.2) is 0 Å². The van der Waals surface area contributed by atoms with Crippen molar-refractivity contribution >= 4 is 15.7 Å². The smallest absolute Gasteiger partial charge is 0.232 e. The first-order chi connectivity index (χ1) is 8.26. The van der Waals surface area contributed by atoms with Crippen molar-refractivity contribution in [1.82, 2.24) is 4.90 Å². The quantitative estimate of drug-likeness (QED) is 0.663. The molecule has 0 bridgehead atoms. The first kappa shape index (κ1) is 13.8. The van der Waals surface area contributed by atoms with E-state index >= 15 is 0 Å². The van der Waals surface area contributed by atoms with Gasteiger partial charge in [0.2, 0.25) is 5.91 Å². The van der Waals surface area contributed by atoms with E-state index < -0.39 is 15.3 Å². The van der Waals surface area contributed by atoms with Gasteiger partial charge < -0.3 is 15.4 Å². The maximum atomic E-state index is 12.5. The summed E-state index contributed by atoms with van der Waals surface area (Å²) in [6.07, 6.45) is 0. The minimum Gasteiger partial charge on any atom is -0.379 e. The maximum absolute atomic E-state index is 12.5. The number of carbonyl (C=O) groups is 1. The lowest BCUT2D eigenvalue weighted by Crippen LogP contribution is -2.58. The topological polar surface area (TPSA) is 89.7 Å². The molecule has 6 nitrogen and oxygen atoms in total. The normalized spacial score (nSPS) is 39.8. The van der Waals surface area contributed by atoms with E-state index in [1.165, 1.54) is 0 Å². The van der Waals surface area contributed by atoms with Gasteiger partial charge in [-0.05, 0) is 13.8 Å². The molecule has 7 heteroatoms. The van der Waals surface area contributed by atoms with Gasteiger partial charge in [0.15, 0.2) is 9.84 Å². The lowest BCUT2D eigenvalue weighted by atomic mass is 9.84. The summed E-state index contributed by atoms with van der Waals surface area (Å²) in [5.74, 6) is -0.0184. The molecule has 0 aliphatic carbocycles. The first-order valence-corrected chi connectivity index (χ1v) is 7.93. The standard InChI is InChI=1S/C11H20N2O4S/c1-8-6-18(15,16)4-3-13(8)10(14)11(2)7-17-5-9(11)12/h8-9H,3-7,12H2,1-2H3. The number of hydrogen-bond acceptors (Lipinski definition) is 5. The van der Waals surface area contributed by atoms with Gasteiger partial charge >= 0.3 is 0 Å². The Hall–Kier alpha value is -0.660. The van der Waals surface area contributed by atoms with Crippen LogP contribution in [-0.2, 0) is 19.4 Å². The molecule has 3 unspecified atom stereocenters. The molecule has 2 aliphatic heterocycles. The molecular formula is C11H20N2O4S. The lowest BCUT2D eigenvalue weighted by Gasteiger charge is -2.39. The fourth-order valence-electron chi connectivity index (χ4n) is 2.54. The molecule has 18 heavy (non-hydrogen) atoms. The Morgan fingerprint density at radius 2 is 2.17 bits per heavy atom. The maximum Gasteiger partial charge on any atom is 0.232 e. The summed E-state index contributed by atoms with van der Waals surface area (Å²) in [5.41, 5.74) is 5.20. The summed E-state index contributed by atoms with van der Waals surface area (Å²) in [6, 6.07) is -0.614. The third-order valence-corrected chi connectivity index (χ3v) is 5.73. The number of amides is 1. The second kappa shape index (κ2) is 4.47. The van der Waals surface area contributed by atoms with E-state index in [4.69, 9.17) is 10.5 Å². The summed E-state index contributed by atoms with van der Waals surface area (Å²) in [5, 5.41) is 0. The van der Waals surface area contributed by atoms with Crippen LogP contribution in [0, 0.1) is 5.41 Å². The highest BCUT2D eigenvalue weighted by Crippen LogP contribution is 2.31. The van der Waals surface area contributed by atoms with Crippen LogP contribution in [-0.4, -0.2) is 62.6 Å². The highest BCUT2D eigenvalue weighted by molar-refractivity contribution is 7.91. The third-order valence-electron chi connectivity index (χ3n) is 3.94. The van der Waals surface area contributed by atoms with Crippen LogP contribution in [0.4, 0.5) is 0 Å². The Kier molecular flexibility index (Phi) is 3.42. The van der Waals surface area contributed by atoms with E-state index in [9.17, 15) is 13.2 Å². The zero-order valence-electron chi connectivity index (χ0n) is 10.8. The summed E-state index contributed by atoms with van der Waals surface area (Å²) < 4.78 is 28.3. The molecule has 0 radical (unpaired) electrons. The lowest BCUT2D eigenvalue weighted by molar-refractivity contribution is -0.143. The van der Waals surface area contributed by atoms with E-state index in [0.717, 1.165) is 0 Å². The fraction of sp³-hybridized carbons (Fsp3) is 0.909. The summed E-state index contributed by atoms with van der Waals surface area (Å²) in [4.78, 5) is 14.2. The van der Waals surface area contributed by atoms with Crippen molar-refractivity contribution < 1.29 is 17.9 Å². The van der Waals surface area contributed by atoms with Crippen LogP contribution >= 0.6 is 0 Å². The third kappa shape index (κ3) is 2.26. The van der Waals surface area contributed by atoms with E-state index in [1.54, 1.807) is 18.7 Å². The Labute approximate surface area is 107 Å². The highest BCUT2D eigenvalue weighted by atomic mass is 32.2. The van der Waals surface area contributed by atoms with Gasteiger partial charge in [0.25, 0.3) is 0 Å². The van der Waals surface area contributed by atoms with Crippen molar-refractivity contribution in [3.8, 4) is 0 Å². The number of hydrogen-bond donors (Lipinski definition) is 1. The molecule has 104 valence electrons. The Morgan fingerprint density at radius 3 is 2.67 bits per heavy atom. The van der Waals surface area contributed by atoms with Gasteiger partial charge in [0.05, 0.1) is 30.1 Å². The monoisotopic (exact) mass is 276 g/mol. The van der Waals surface area contributed by atoms with Crippen LogP contribution < -0.4 is 5.73 Å². The van der Waals surface area contributed by atoms with Gasteiger partial charge in [-0.2, -0.15) is 0 Å². The van der Waals surface area contributed by atoms with Crippen molar-refractivity contribution in [1.29, 1.82) is 0 Å². The Bertz CT molecular complexity index is 450. The summed E-state index contributed by atoms with van der Waals surface area (Å²) in [6.45, 7) is 4.50. The number of ether oxygens (including phenoxy) is 1. The van der Waals surface area contributed by atoms with Crippen LogP contribution in [0.1, 0.15) is 13.8 Å². The molecule has 3 atom stereocenters. The van der Waals surface area contributed by atoms with Gasteiger partial charge in [0.1, 0.15) is 0 Å². The van der Waals surface area contributed by atoms with Crippen LogP contribution in [0.5, 0.6) is 0 Å². The summed E-state index contributed by atoms with van der Waals surface area (Å²) >= 11 is 0. The molecule has 2 heterocycles. The van der Waals surface area contributed by atoms with Gasteiger partial charge in [-0.25, -0.2) is 8.42 Å². The van der Waals surface area contributed by atoms with Crippen molar-refractivity contribution in [3.05, 3.63) is 0 Å². The number of rotatable bonds is 1. The van der Waals surface area contributed by atoms with Gasteiger partial charge in [-0.15, -0.1) is 0 Å². The Morgan fingerprint density at radius 1 is 1.50 bits per heavy atom. The second-order valence-corrected chi connectivity index (χ2v) is 7.73. The molecule has 1 amide bonds. The largest absolute Gasteiger partial charge is 0.379 e. The number of nitrogens with two attached hydrogens (primary N) is 1. The Balaban J connectivity index is 2.15. The molecule has 0 saturated carbocycles. The van der Waals surface area contributed by atoms with Gasteiger partial charge in [-0.3, -0.25) is 4.79 Å². The molecule has 2 N–H and O–H groups in total. The number of nitrogens with zero attached hydrogens (tertiary/aromatic N) is 1. The van der Waals surface area contributed by atoms with Crippen LogP contribution in [0.3, 0.4) is 0 Å². The van der Waals surface area contributed by atoms with E-state index in [1.807, 2.05) is 0 Å². The van der Waals surface area contributed by atoms with Crippen molar-refractivity contribution in [3.63, 3.8) is 0 Å². The van der Waals surface area contributed by atoms with Crippen LogP contribution in [0.25, 0.3) is 0 Å². The van der Waals surface area contributed by atoms with Crippen LogP contribution in [0.2, 0.25) is 0 Å². The molecule has 0 aromatic rings. The highest BCUT2D eigenvalue weighted by Gasteiger charge is 2.48. The average molecular weight is 276 g/mol. The molecular weight excluding hydrogens is 256 g/mol. The fourth-order valence-corrected chi connectivity index (χ4v) is 4.09. The minimum absolute atomic E-state index is 0.0327. The molecule has 0 aromatic carbocycles. The molecule has 2 aliphatic rings. The molecule has 0 spiro atoms. The molecule has 0 aromatic heterocycles. The second-order valence-electron chi connectivity index (χ2n) is 5.50. The van der Waals surface area contributed by atoms with Gasteiger partial charge in [0, 0.05) is 18.6 Å². The first-order valence-electron chi connectivity index (χ1n) is 6.11. The zero-order valence-corrected chi connectivity index (χ0v) is 11.6. The van der Waals surface area contributed by atoms with E-state index in [2.05, 4.69) is 0 Å². The predicted molar refractivity (Wildman–Crippen MR) is 66.7 cm³/mol. The zero-order chi connectivity index (χ0) is 13.6. The van der Waals surface area contributed by atoms with E-state index in [-0.39, 0.29) is 36.0 Å². The molecule has 2 fully saturated rings. The minimum atomic E-state index is -3.01. The molecule has 2 rings (SSSR count). The molecule has 2 saturated heterocycles. The SMILES string of the molecule is CC1CS(=O)(=O)CCN1C(=O)C1(C)COCC1N. The summed E-state index contributed by atoms with van der Waals surface area (Å²) in [7, 11) is -3.01. The van der Waals surface area contributed by atoms with E-state index in [0.29, 0.717) is 13.2 Å².